The number of para-hydroxylation sites is 1. The van der Waals surface area contributed by atoms with Gasteiger partial charge < -0.3 is 15.5 Å². The Kier molecular flexibility index (Phi) is 6.86. The van der Waals surface area contributed by atoms with Crippen LogP contribution in [-0.2, 0) is 25.6 Å². The van der Waals surface area contributed by atoms with Crippen LogP contribution in [0.1, 0.15) is 12.5 Å². The molecule has 28 heavy (non-hydrogen) atoms. The van der Waals surface area contributed by atoms with Crippen molar-refractivity contribution >= 4 is 29.4 Å². The van der Waals surface area contributed by atoms with Gasteiger partial charge in [-0.1, -0.05) is 48.5 Å². The molecule has 0 heterocycles. The maximum Gasteiger partial charge on any atom is 0.329 e. The zero-order valence-electron chi connectivity index (χ0n) is 15.1. The average molecular weight is 384 g/mol. The molecule has 0 aliphatic rings. The van der Waals surface area contributed by atoms with E-state index in [1.54, 1.807) is 48.5 Å². The van der Waals surface area contributed by atoms with Crippen molar-refractivity contribution in [1.82, 2.24) is 5.32 Å². The van der Waals surface area contributed by atoms with Gasteiger partial charge in [0, 0.05) is 12.6 Å². The third kappa shape index (κ3) is 5.16. The number of carbonyl (C=O) groups is 4. The molecular formula is C20H20N2O6. The van der Waals surface area contributed by atoms with Crippen LogP contribution in [-0.4, -0.2) is 46.0 Å². The van der Waals surface area contributed by atoms with Gasteiger partial charge in [0.05, 0.1) is 6.42 Å². The van der Waals surface area contributed by atoms with Crippen molar-refractivity contribution in [1.29, 1.82) is 0 Å². The van der Waals surface area contributed by atoms with Gasteiger partial charge in [-0.05, 0) is 17.7 Å². The number of rotatable bonds is 8. The Hall–Kier alpha value is -3.68. The van der Waals surface area contributed by atoms with Gasteiger partial charge in [0.2, 0.25) is 11.8 Å². The smallest absolute Gasteiger partial charge is 0.329 e. The van der Waals surface area contributed by atoms with E-state index >= 15 is 0 Å². The normalized spacial score (nSPS) is 12.5. The predicted octanol–water partition coefficient (Wildman–Crippen LogP) is 1.30. The van der Waals surface area contributed by atoms with Crippen molar-refractivity contribution in [2.75, 3.05) is 4.90 Å². The standard InChI is InChI=1S/C20H20N2O6/c1-13(23)22(15-10-6-3-7-11-15)18(20(27)28)17(19(25)26)21-16(24)12-14-8-4-2-5-9-14/h2-11,17-18H,12H2,1H3,(H,21,24)(H,25,26)(H,27,28)/t17?,18-/m0/s1. The summed E-state index contributed by atoms with van der Waals surface area (Å²) in [5.74, 6) is -4.44. The zero-order chi connectivity index (χ0) is 20.7. The highest BCUT2D eigenvalue weighted by molar-refractivity contribution is 6.01. The molecule has 0 aliphatic carbocycles. The summed E-state index contributed by atoms with van der Waals surface area (Å²) in [6, 6.07) is 12.8. The minimum absolute atomic E-state index is 0.123. The Morgan fingerprint density at radius 2 is 1.43 bits per heavy atom. The Labute approximate surface area is 161 Å². The van der Waals surface area contributed by atoms with Crippen molar-refractivity contribution in [3.05, 3.63) is 66.2 Å². The third-order valence-corrected chi connectivity index (χ3v) is 4.01. The number of anilines is 1. The lowest BCUT2D eigenvalue weighted by atomic mass is 10.0. The number of amides is 2. The second-order valence-corrected chi connectivity index (χ2v) is 6.05. The average Bonchev–Trinajstić information content (AvgIpc) is 2.65. The number of nitrogens with zero attached hydrogens (tertiary/aromatic N) is 1. The van der Waals surface area contributed by atoms with Gasteiger partial charge in [0.25, 0.3) is 0 Å². The van der Waals surface area contributed by atoms with E-state index in [0.29, 0.717) is 5.56 Å². The molecular weight excluding hydrogens is 364 g/mol. The summed E-state index contributed by atoms with van der Waals surface area (Å²) >= 11 is 0. The van der Waals surface area contributed by atoms with E-state index < -0.39 is 35.8 Å². The lowest BCUT2D eigenvalue weighted by Crippen LogP contribution is -2.60. The van der Waals surface area contributed by atoms with Gasteiger partial charge in [-0.3, -0.25) is 14.5 Å². The van der Waals surface area contributed by atoms with Gasteiger partial charge in [0.15, 0.2) is 12.1 Å². The fourth-order valence-corrected chi connectivity index (χ4v) is 2.81. The van der Waals surface area contributed by atoms with Crippen LogP contribution >= 0.6 is 0 Å². The fraction of sp³-hybridized carbons (Fsp3) is 0.200. The van der Waals surface area contributed by atoms with Gasteiger partial charge >= 0.3 is 11.9 Å². The third-order valence-electron chi connectivity index (χ3n) is 4.01. The van der Waals surface area contributed by atoms with Gasteiger partial charge in [-0.15, -0.1) is 0 Å². The molecule has 0 saturated heterocycles. The molecule has 0 aromatic heterocycles. The van der Waals surface area contributed by atoms with Crippen LogP contribution in [0.15, 0.2) is 60.7 Å². The molecule has 0 fully saturated rings. The van der Waals surface area contributed by atoms with Gasteiger partial charge in [0.1, 0.15) is 0 Å². The summed E-state index contributed by atoms with van der Waals surface area (Å²) < 4.78 is 0. The molecule has 0 saturated carbocycles. The lowest BCUT2D eigenvalue weighted by Gasteiger charge is -2.32. The van der Waals surface area contributed by atoms with Crippen molar-refractivity contribution in [3.63, 3.8) is 0 Å². The summed E-state index contributed by atoms with van der Waals surface area (Å²) in [5, 5.41) is 21.5. The molecule has 2 atom stereocenters. The maximum absolute atomic E-state index is 12.3. The molecule has 146 valence electrons. The minimum Gasteiger partial charge on any atom is -0.480 e. The van der Waals surface area contributed by atoms with Crippen LogP contribution in [0.4, 0.5) is 5.69 Å². The van der Waals surface area contributed by atoms with E-state index in [0.717, 1.165) is 11.8 Å². The molecule has 8 nitrogen and oxygen atoms in total. The number of hydrogen-bond donors (Lipinski definition) is 3. The van der Waals surface area contributed by atoms with E-state index in [-0.39, 0.29) is 12.1 Å². The second kappa shape index (κ2) is 9.31. The monoisotopic (exact) mass is 384 g/mol. The molecule has 8 heteroatoms. The molecule has 2 rings (SSSR count). The SMILES string of the molecule is CC(=O)N(c1ccccc1)[C@H](C(=O)O)C(NC(=O)Cc1ccccc1)C(=O)O. The number of carbonyl (C=O) groups excluding carboxylic acids is 2. The molecule has 2 aromatic rings. The number of carboxylic acids is 2. The minimum atomic E-state index is -1.84. The summed E-state index contributed by atoms with van der Waals surface area (Å²) in [7, 11) is 0. The van der Waals surface area contributed by atoms with Crippen molar-refractivity contribution < 1.29 is 29.4 Å². The van der Waals surface area contributed by atoms with E-state index in [4.69, 9.17) is 0 Å². The van der Waals surface area contributed by atoms with Gasteiger partial charge in [-0.2, -0.15) is 0 Å². The van der Waals surface area contributed by atoms with Crippen LogP contribution in [0.3, 0.4) is 0 Å². The zero-order valence-corrected chi connectivity index (χ0v) is 15.1. The molecule has 3 N–H and O–H groups in total. The van der Waals surface area contributed by atoms with E-state index in [2.05, 4.69) is 5.32 Å². The second-order valence-electron chi connectivity index (χ2n) is 6.05. The van der Waals surface area contributed by atoms with Crippen LogP contribution in [0.2, 0.25) is 0 Å². The summed E-state index contributed by atoms with van der Waals surface area (Å²) in [4.78, 5) is 49.0. The Morgan fingerprint density at radius 1 is 0.893 bits per heavy atom. The van der Waals surface area contributed by atoms with Gasteiger partial charge in [-0.25, -0.2) is 9.59 Å². The first-order valence-corrected chi connectivity index (χ1v) is 8.45. The van der Waals surface area contributed by atoms with Crippen LogP contribution < -0.4 is 10.2 Å². The predicted molar refractivity (Wildman–Crippen MR) is 101 cm³/mol. The first-order chi connectivity index (χ1) is 13.3. The summed E-state index contributed by atoms with van der Waals surface area (Å²) in [6.07, 6.45) is -0.123. The van der Waals surface area contributed by atoms with Crippen LogP contribution in [0.25, 0.3) is 0 Å². The Morgan fingerprint density at radius 3 is 1.89 bits per heavy atom. The van der Waals surface area contributed by atoms with E-state index in [9.17, 15) is 29.4 Å². The first kappa shape index (κ1) is 20.6. The maximum atomic E-state index is 12.3. The number of nitrogens with one attached hydrogen (secondary N) is 1. The molecule has 2 amide bonds. The van der Waals surface area contributed by atoms with Crippen molar-refractivity contribution in [2.24, 2.45) is 0 Å². The summed E-state index contributed by atoms with van der Waals surface area (Å²) in [5.41, 5.74) is 0.855. The number of benzene rings is 2. The lowest BCUT2D eigenvalue weighted by molar-refractivity contribution is -0.149. The summed E-state index contributed by atoms with van der Waals surface area (Å²) in [6.45, 7) is 1.13. The number of aliphatic carboxylic acids is 2. The molecule has 1 unspecified atom stereocenters. The van der Waals surface area contributed by atoms with E-state index in [1.807, 2.05) is 0 Å². The molecule has 2 aromatic carbocycles. The molecule has 0 spiro atoms. The Bertz CT molecular complexity index is 854. The molecule has 0 aliphatic heterocycles. The fourth-order valence-electron chi connectivity index (χ4n) is 2.81. The first-order valence-electron chi connectivity index (χ1n) is 8.45. The number of hydrogen-bond acceptors (Lipinski definition) is 4. The largest absolute Gasteiger partial charge is 0.480 e. The van der Waals surface area contributed by atoms with Crippen molar-refractivity contribution in [2.45, 2.75) is 25.4 Å². The molecule has 0 bridgehead atoms. The van der Waals surface area contributed by atoms with Crippen LogP contribution in [0.5, 0.6) is 0 Å². The highest BCUT2D eigenvalue weighted by Crippen LogP contribution is 2.19. The van der Waals surface area contributed by atoms with Crippen molar-refractivity contribution in [3.8, 4) is 0 Å². The highest BCUT2D eigenvalue weighted by Gasteiger charge is 2.41. The molecule has 0 radical (unpaired) electrons. The van der Waals surface area contributed by atoms with Crippen LogP contribution in [0, 0.1) is 0 Å². The topological polar surface area (TPSA) is 124 Å². The number of carboxylic acid groups (broad SMARTS) is 2. The Balaban J connectivity index is 2.33. The highest BCUT2D eigenvalue weighted by atomic mass is 16.4. The quantitative estimate of drug-likeness (QED) is 0.630. The van der Waals surface area contributed by atoms with E-state index in [1.165, 1.54) is 12.1 Å².